The predicted molar refractivity (Wildman–Crippen MR) is 110 cm³/mol. The topological polar surface area (TPSA) is 88.1 Å². The average molecular weight is 419 g/mol. The minimum absolute atomic E-state index is 0.0603. The number of amides is 1. The highest BCUT2D eigenvalue weighted by Gasteiger charge is 2.28. The molecule has 2 aromatic rings. The number of carbonyl (C=O) groups excluding carboxylic acids is 1. The Morgan fingerprint density at radius 1 is 1.17 bits per heavy atom. The molecular weight excluding hydrogens is 392 g/mol. The molecule has 0 spiro atoms. The first-order valence-corrected chi connectivity index (χ1v) is 10.8. The molecule has 1 saturated heterocycles. The van der Waals surface area contributed by atoms with Crippen LogP contribution in [0.5, 0.6) is 11.5 Å². The minimum atomic E-state index is -1.55. The molecule has 0 aromatic heterocycles. The number of piperidine rings is 1. The van der Waals surface area contributed by atoms with Crippen molar-refractivity contribution in [2.45, 2.75) is 37.2 Å². The second-order valence-electron chi connectivity index (χ2n) is 6.73. The summed E-state index contributed by atoms with van der Waals surface area (Å²) in [5.74, 6) is 0.406. The number of hydrogen-bond donors (Lipinski definition) is 2. The smallest absolute Gasteiger partial charge is 0.279 e. The van der Waals surface area contributed by atoms with Gasteiger partial charge in [0.05, 0.1) is 11.5 Å². The number of nitrogens with zero attached hydrogens (tertiary/aromatic N) is 1. The van der Waals surface area contributed by atoms with Gasteiger partial charge in [0.25, 0.3) is 5.91 Å². The van der Waals surface area contributed by atoms with Gasteiger partial charge in [-0.25, -0.2) is 14.0 Å². The molecule has 156 valence electrons. The van der Waals surface area contributed by atoms with Crippen molar-refractivity contribution in [2.24, 2.45) is 0 Å². The van der Waals surface area contributed by atoms with Crippen LogP contribution in [0.2, 0.25) is 0 Å². The lowest BCUT2D eigenvalue weighted by Gasteiger charge is -2.31. The van der Waals surface area contributed by atoms with Crippen molar-refractivity contribution < 1.29 is 23.7 Å². The number of hydrogen-bond acceptors (Lipinski definition) is 5. The third-order valence-electron chi connectivity index (χ3n) is 4.65. The summed E-state index contributed by atoms with van der Waals surface area (Å²) in [4.78, 5) is 12.6. The van der Waals surface area contributed by atoms with Crippen LogP contribution in [-0.2, 0) is 11.0 Å². The molecule has 3 rings (SSSR count). The molecule has 0 bridgehead atoms. The number of ether oxygens (including phenoxy) is 2. The summed E-state index contributed by atoms with van der Waals surface area (Å²) in [6.45, 7) is 3.52. The number of nitrogens with one attached hydrogen (secondary N) is 1. The van der Waals surface area contributed by atoms with Gasteiger partial charge in [-0.3, -0.25) is 10.0 Å². The van der Waals surface area contributed by atoms with Gasteiger partial charge in [0, 0.05) is 13.1 Å². The Morgan fingerprint density at radius 3 is 2.55 bits per heavy atom. The number of rotatable bonds is 8. The zero-order chi connectivity index (χ0) is 20.6. The highest BCUT2D eigenvalue weighted by atomic mass is 32.2. The first-order valence-electron chi connectivity index (χ1n) is 9.72. The maximum absolute atomic E-state index is 13.2. The van der Waals surface area contributed by atoms with E-state index in [1.807, 2.05) is 41.6 Å². The van der Waals surface area contributed by atoms with Gasteiger partial charge in [-0.05, 0) is 43.5 Å². The molecule has 2 N–H and O–H groups in total. The van der Waals surface area contributed by atoms with Gasteiger partial charge in [0.15, 0.2) is 0 Å². The van der Waals surface area contributed by atoms with E-state index in [0.29, 0.717) is 30.3 Å². The van der Waals surface area contributed by atoms with Crippen molar-refractivity contribution in [3.05, 3.63) is 54.1 Å². The van der Waals surface area contributed by atoms with E-state index in [9.17, 15) is 9.00 Å². The summed E-state index contributed by atoms with van der Waals surface area (Å²) in [7, 11) is -1.55. The van der Waals surface area contributed by atoms with Crippen LogP contribution in [0.15, 0.2) is 53.4 Å². The van der Waals surface area contributed by atoms with E-state index in [1.165, 1.54) is 0 Å². The van der Waals surface area contributed by atoms with E-state index >= 15 is 0 Å². The Balaban J connectivity index is 1.71. The second kappa shape index (κ2) is 10.4. The molecule has 0 radical (unpaired) electrons. The molecule has 29 heavy (non-hydrogen) atoms. The maximum atomic E-state index is 13.2. The van der Waals surface area contributed by atoms with Gasteiger partial charge in [0.2, 0.25) is 0 Å². The van der Waals surface area contributed by atoms with Gasteiger partial charge in [-0.2, -0.15) is 0 Å². The molecule has 1 aliphatic rings. The molecule has 1 amide bonds. The van der Waals surface area contributed by atoms with Crippen LogP contribution in [0, 0.1) is 0 Å². The van der Waals surface area contributed by atoms with Gasteiger partial charge in [0.1, 0.15) is 34.2 Å². The molecule has 0 saturated carbocycles. The lowest BCUT2D eigenvalue weighted by Crippen LogP contribution is -2.39. The number of para-hydroxylation sites is 1. The van der Waals surface area contributed by atoms with E-state index in [1.54, 1.807) is 23.7 Å². The highest BCUT2D eigenvalue weighted by molar-refractivity contribution is 7.82. The number of benzene rings is 2. The second-order valence-corrected chi connectivity index (χ2v) is 8.18. The minimum Gasteiger partial charge on any atom is -0.493 e. The Bertz CT molecular complexity index is 838. The number of hydroxylamine groups is 1. The van der Waals surface area contributed by atoms with Crippen LogP contribution in [-0.4, -0.2) is 45.4 Å². The maximum Gasteiger partial charge on any atom is 0.279 e. The van der Waals surface area contributed by atoms with Crippen molar-refractivity contribution in [1.82, 2.24) is 9.79 Å². The highest BCUT2D eigenvalue weighted by Crippen LogP contribution is 2.28. The van der Waals surface area contributed by atoms with Gasteiger partial charge < -0.3 is 9.47 Å². The standard InChI is InChI=1S/C21H26N2O5S/c1-2-15-27-18-9-6-10-19(20(18)21(24)22-25)29(26)23-13-11-17(12-14-23)28-16-7-4-3-5-8-16/h3-10,17,25H,2,11-15H2,1H3,(H,22,24). The molecule has 7 nitrogen and oxygen atoms in total. The Morgan fingerprint density at radius 2 is 1.90 bits per heavy atom. The van der Waals surface area contributed by atoms with E-state index in [4.69, 9.17) is 14.7 Å². The average Bonchev–Trinajstić information content (AvgIpc) is 2.77. The third kappa shape index (κ3) is 5.35. The van der Waals surface area contributed by atoms with Crippen LogP contribution in [0.4, 0.5) is 0 Å². The monoisotopic (exact) mass is 418 g/mol. The summed E-state index contributed by atoms with van der Waals surface area (Å²) in [6.07, 6.45) is 2.29. The fourth-order valence-corrected chi connectivity index (χ4v) is 4.60. The molecule has 2 aromatic carbocycles. The Hall–Kier alpha value is -2.42. The summed E-state index contributed by atoms with van der Waals surface area (Å²) in [5.41, 5.74) is 1.74. The molecular formula is C21H26N2O5S. The molecule has 1 aliphatic heterocycles. The van der Waals surface area contributed by atoms with Crippen molar-refractivity contribution in [3.63, 3.8) is 0 Å². The normalized spacial score (nSPS) is 16.2. The SMILES string of the molecule is CCCOc1cccc(S(=O)N2CCC(Oc3ccccc3)CC2)c1C(=O)NO. The molecule has 1 fully saturated rings. The van der Waals surface area contributed by atoms with E-state index < -0.39 is 16.9 Å². The van der Waals surface area contributed by atoms with Crippen LogP contribution in [0.1, 0.15) is 36.5 Å². The van der Waals surface area contributed by atoms with E-state index in [0.717, 1.165) is 25.0 Å². The largest absolute Gasteiger partial charge is 0.493 e. The van der Waals surface area contributed by atoms with Crippen LogP contribution < -0.4 is 15.0 Å². The lowest BCUT2D eigenvalue weighted by atomic mass is 10.1. The summed E-state index contributed by atoms with van der Waals surface area (Å²) >= 11 is 0. The van der Waals surface area contributed by atoms with Gasteiger partial charge >= 0.3 is 0 Å². The lowest BCUT2D eigenvalue weighted by molar-refractivity contribution is 0.0698. The Labute approximate surface area is 173 Å². The van der Waals surface area contributed by atoms with Crippen LogP contribution in [0.3, 0.4) is 0 Å². The molecule has 0 aliphatic carbocycles. The summed E-state index contributed by atoms with van der Waals surface area (Å²) in [5, 5.41) is 9.15. The van der Waals surface area contributed by atoms with Crippen molar-refractivity contribution >= 4 is 16.9 Å². The fraction of sp³-hybridized carbons (Fsp3) is 0.381. The van der Waals surface area contributed by atoms with Crippen LogP contribution in [0.25, 0.3) is 0 Å². The van der Waals surface area contributed by atoms with Gasteiger partial charge in [-0.1, -0.05) is 31.2 Å². The zero-order valence-corrected chi connectivity index (χ0v) is 17.2. The van der Waals surface area contributed by atoms with Crippen molar-refractivity contribution in [3.8, 4) is 11.5 Å². The zero-order valence-electron chi connectivity index (χ0n) is 16.4. The molecule has 1 atom stereocenters. The van der Waals surface area contributed by atoms with E-state index in [2.05, 4.69) is 0 Å². The van der Waals surface area contributed by atoms with Crippen LogP contribution >= 0.6 is 0 Å². The van der Waals surface area contributed by atoms with Crippen molar-refractivity contribution in [2.75, 3.05) is 19.7 Å². The Kier molecular flexibility index (Phi) is 7.62. The predicted octanol–water partition coefficient (Wildman–Crippen LogP) is 3.16. The molecule has 8 heteroatoms. The summed E-state index contributed by atoms with van der Waals surface area (Å²) in [6, 6.07) is 14.6. The van der Waals surface area contributed by atoms with E-state index in [-0.39, 0.29) is 11.7 Å². The first-order chi connectivity index (χ1) is 14.1. The van der Waals surface area contributed by atoms with Gasteiger partial charge in [-0.15, -0.1) is 0 Å². The molecule has 1 unspecified atom stereocenters. The fourth-order valence-electron chi connectivity index (χ4n) is 3.21. The number of carbonyl (C=O) groups is 1. The quantitative estimate of drug-likeness (QED) is 0.508. The summed E-state index contributed by atoms with van der Waals surface area (Å²) < 4.78 is 26.6. The first kappa shape index (κ1) is 21.3. The van der Waals surface area contributed by atoms with Crippen molar-refractivity contribution in [1.29, 1.82) is 0 Å². The molecule has 1 heterocycles. The third-order valence-corrected chi connectivity index (χ3v) is 6.20.